The van der Waals surface area contributed by atoms with Crippen LogP contribution in [-0.2, 0) is 17.9 Å². The molecule has 0 saturated heterocycles. The number of rotatable bonds is 5. The summed E-state index contributed by atoms with van der Waals surface area (Å²) in [6, 6.07) is 7.42. The SMILES string of the molecule is CN(Cc1ccc(Cl)s1)C(=O)Cn1cnc2cc([N+](=O)[O-])ccc2c1=O. The third kappa shape index (κ3) is 3.73. The molecule has 3 rings (SSSR count). The van der Waals surface area contributed by atoms with E-state index in [-0.39, 0.29) is 29.0 Å². The standard InChI is InChI=1S/C16H13ClN4O4S/c1-19(7-11-3-5-14(17)26-11)15(22)8-20-9-18-13-6-10(21(24)25)2-4-12(13)16(20)23/h2-6,9H,7-8H2,1H3. The number of fused-ring (bicyclic) bond motifs is 1. The van der Waals surface area contributed by atoms with Crippen molar-refractivity contribution in [2.24, 2.45) is 0 Å². The fourth-order valence-electron chi connectivity index (χ4n) is 2.40. The number of hydrogen-bond donors (Lipinski definition) is 0. The number of nitrogens with zero attached hydrogens (tertiary/aromatic N) is 4. The third-order valence-electron chi connectivity index (χ3n) is 3.77. The molecule has 0 spiro atoms. The summed E-state index contributed by atoms with van der Waals surface area (Å²) >= 11 is 7.26. The average molecular weight is 393 g/mol. The van der Waals surface area contributed by atoms with Gasteiger partial charge in [-0.1, -0.05) is 11.6 Å². The summed E-state index contributed by atoms with van der Waals surface area (Å²) in [5.41, 5.74) is -0.354. The van der Waals surface area contributed by atoms with Crippen LogP contribution in [0.15, 0.2) is 41.5 Å². The van der Waals surface area contributed by atoms with E-state index in [0.717, 1.165) is 4.88 Å². The lowest BCUT2D eigenvalue weighted by atomic mass is 10.2. The minimum atomic E-state index is -0.554. The number of amides is 1. The Morgan fingerprint density at radius 2 is 2.15 bits per heavy atom. The summed E-state index contributed by atoms with van der Waals surface area (Å²) < 4.78 is 1.83. The van der Waals surface area contributed by atoms with Crippen LogP contribution in [0, 0.1) is 10.1 Å². The number of halogens is 1. The van der Waals surface area contributed by atoms with Crippen LogP contribution in [0.5, 0.6) is 0 Å². The molecular weight excluding hydrogens is 380 g/mol. The van der Waals surface area contributed by atoms with E-state index >= 15 is 0 Å². The van der Waals surface area contributed by atoms with Crippen molar-refractivity contribution < 1.29 is 9.72 Å². The van der Waals surface area contributed by atoms with E-state index in [1.807, 2.05) is 6.07 Å². The Hall–Kier alpha value is -2.78. The maximum absolute atomic E-state index is 12.5. The smallest absolute Gasteiger partial charge is 0.271 e. The van der Waals surface area contributed by atoms with Crippen LogP contribution >= 0.6 is 22.9 Å². The fourth-order valence-corrected chi connectivity index (χ4v) is 3.54. The first kappa shape index (κ1) is 18.0. The Balaban J connectivity index is 1.80. The Kier molecular flexibility index (Phi) is 5.01. The number of carbonyl (C=O) groups is 1. The van der Waals surface area contributed by atoms with E-state index < -0.39 is 10.5 Å². The minimum absolute atomic E-state index is 0.146. The first-order valence-electron chi connectivity index (χ1n) is 7.47. The van der Waals surface area contributed by atoms with Crippen LogP contribution in [0.2, 0.25) is 4.34 Å². The normalized spacial score (nSPS) is 10.8. The van der Waals surface area contributed by atoms with Crippen molar-refractivity contribution in [2.75, 3.05) is 7.05 Å². The van der Waals surface area contributed by atoms with Gasteiger partial charge in [-0.3, -0.25) is 24.3 Å². The number of hydrogen-bond acceptors (Lipinski definition) is 6. The molecule has 0 bridgehead atoms. The molecule has 3 aromatic rings. The molecule has 0 aliphatic heterocycles. The first-order valence-corrected chi connectivity index (χ1v) is 8.66. The first-order chi connectivity index (χ1) is 12.3. The molecule has 0 aliphatic carbocycles. The van der Waals surface area contributed by atoms with Gasteiger partial charge in [0.1, 0.15) is 6.54 Å². The monoisotopic (exact) mass is 392 g/mol. The number of nitro groups is 1. The van der Waals surface area contributed by atoms with Gasteiger partial charge in [-0.25, -0.2) is 4.98 Å². The molecular formula is C16H13ClN4O4S. The zero-order valence-electron chi connectivity index (χ0n) is 13.6. The molecule has 2 aromatic heterocycles. The Morgan fingerprint density at radius 3 is 2.81 bits per heavy atom. The van der Waals surface area contributed by atoms with E-state index in [4.69, 9.17) is 11.6 Å². The van der Waals surface area contributed by atoms with Crippen LogP contribution in [-0.4, -0.2) is 32.3 Å². The van der Waals surface area contributed by atoms with E-state index in [2.05, 4.69) is 4.98 Å². The van der Waals surface area contributed by atoms with Crippen LogP contribution in [0.4, 0.5) is 5.69 Å². The van der Waals surface area contributed by atoms with Gasteiger partial charge >= 0.3 is 0 Å². The van der Waals surface area contributed by atoms with Gasteiger partial charge in [0.05, 0.1) is 33.0 Å². The molecule has 0 atom stereocenters. The Bertz CT molecular complexity index is 1060. The number of aromatic nitrogens is 2. The van der Waals surface area contributed by atoms with Crippen LogP contribution in [0.1, 0.15) is 4.88 Å². The highest BCUT2D eigenvalue weighted by Gasteiger charge is 2.15. The van der Waals surface area contributed by atoms with Crippen molar-refractivity contribution in [1.82, 2.24) is 14.5 Å². The zero-order valence-corrected chi connectivity index (χ0v) is 15.2. The maximum atomic E-state index is 12.5. The number of carbonyl (C=O) groups excluding carboxylic acids is 1. The highest BCUT2D eigenvalue weighted by Crippen LogP contribution is 2.22. The lowest BCUT2D eigenvalue weighted by Crippen LogP contribution is -2.33. The number of likely N-dealkylation sites (N-methyl/N-ethyl adjacent to an activating group) is 1. The molecule has 0 unspecified atom stereocenters. The summed E-state index contributed by atoms with van der Waals surface area (Å²) in [5, 5.41) is 11.0. The minimum Gasteiger partial charge on any atom is -0.339 e. The highest BCUT2D eigenvalue weighted by atomic mass is 35.5. The molecule has 0 N–H and O–H groups in total. The predicted molar refractivity (Wildman–Crippen MR) is 98.5 cm³/mol. The molecule has 0 saturated carbocycles. The van der Waals surface area contributed by atoms with Gasteiger partial charge in [0.15, 0.2) is 0 Å². The van der Waals surface area contributed by atoms with Gasteiger partial charge in [0.2, 0.25) is 5.91 Å². The molecule has 1 amide bonds. The van der Waals surface area contributed by atoms with Crippen molar-refractivity contribution in [2.45, 2.75) is 13.1 Å². The lowest BCUT2D eigenvalue weighted by Gasteiger charge is -2.17. The number of non-ortho nitro benzene ring substituents is 1. The van der Waals surface area contributed by atoms with E-state index in [9.17, 15) is 19.7 Å². The highest BCUT2D eigenvalue weighted by molar-refractivity contribution is 7.16. The van der Waals surface area contributed by atoms with Gasteiger partial charge in [-0.05, 0) is 18.2 Å². The maximum Gasteiger partial charge on any atom is 0.271 e. The third-order valence-corrected chi connectivity index (χ3v) is 4.99. The Morgan fingerprint density at radius 1 is 1.38 bits per heavy atom. The Labute approximate surface area is 156 Å². The number of nitro benzene ring substituents is 1. The van der Waals surface area contributed by atoms with Crippen LogP contribution < -0.4 is 5.56 Å². The van der Waals surface area contributed by atoms with Crippen molar-refractivity contribution in [3.05, 3.63) is 66.3 Å². The molecule has 0 radical (unpaired) electrons. The van der Waals surface area contributed by atoms with Crippen LogP contribution in [0.25, 0.3) is 10.9 Å². The fraction of sp³-hybridized carbons (Fsp3) is 0.188. The molecule has 26 heavy (non-hydrogen) atoms. The second kappa shape index (κ2) is 7.22. The molecule has 134 valence electrons. The van der Waals surface area contributed by atoms with E-state index in [0.29, 0.717) is 10.9 Å². The second-order valence-corrected chi connectivity index (χ2v) is 7.39. The van der Waals surface area contributed by atoms with Crippen molar-refractivity contribution in [1.29, 1.82) is 0 Å². The number of benzene rings is 1. The summed E-state index contributed by atoms with van der Waals surface area (Å²) in [5.74, 6) is -0.264. The van der Waals surface area contributed by atoms with Gasteiger partial charge in [-0.15, -0.1) is 11.3 Å². The van der Waals surface area contributed by atoms with Gasteiger partial charge in [-0.2, -0.15) is 0 Å². The zero-order chi connectivity index (χ0) is 18.8. The van der Waals surface area contributed by atoms with E-state index in [1.165, 1.54) is 45.3 Å². The molecule has 8 nitrogen and oxygen atoms in total. The van der Waals surface area contributed by atoms with Crippen molar-refractivity contribution in [3.63, 3.8) is 0 Å². The van der Waals surface area contributed by atoms with Gasteiger partial charge < -0.3 is 4.90 Å². The molecule has 1 aromatic carbocycles. The summed E-state index contributed by atoms with van der Waals surface area (Å²) in [6.07, 6.45) is 1.22. The summed E-state index contributed by atoms with van der Waals surface area (Å²) in [7, 11) is 1.64. The van der Waals surface area contributed by atoms with Crippen molar-refractivity contribution >= 4 is 45.4 Å². The van der Waals surface area contributed by atoms with Crippen LogP contribution in [0.3, 0.4) is 0 Å². The molecule has 2 heterocycles. The second-order valence-electron chi connectivity index (χ2n) is 5.59. The topological polar surface area (TPSA) is 98.3 Å². The number of thiophene rings is 1. The predicted octanol–water partition coefficient (Wildman–Crippen LogP) is 2.68. The molecule has 0 fully saturated rings. The average Bonchev–Trinajstić information content (AvgIpc) is 3.01. The summed E-state index contributed by atoms with van der Waals surface area (Å²) in [4.78, 5) is 41.6. The van der Waals surface area contributed by atoms with Gasteiger partial charge in [0.25, 0.3) is 11.2 Å². The van der Waals surface area contributed by atoms with E-state index in [1.54, 1.807) is 13.1 Å². The summed E-state index contributed by atoms with van der Waals surface area (Å²) in [6.45, 7) is 0.215. The quantitative estimate of drug-likeness (QED) is 0.491. The molecule has 0 aliphatic rings. The lowest BCUT2D eigenvalue weighted by molar-refractivity contribution is -0.384. The largest absolute Gasteiger partial charge is 0.339 e. The van der Waals surface area contributed by atoms with Gasteiger partial charge in [0, 0.05) is 24.1 Å². The van der Waals surface area contributed by atoms with Crippen molar-refractivity contribution in [3.8, 4) is 0 Å². The molecule has 10 heteroatoms.